The highest BCUT2D eigenvalue weighted by molar-refractivity contribution is 9.10. The number of rotatable bonds is 2. The maximum absolute atomic E-state index is 4.46. The van der Waals surface area contributed by atoms with Gasteiger partial charge in [-0.3, -0.25) is 4.68 Å². The van der Waals surface area contributed by atoms with Crippen LogP contribution in [-0.2, 0) is 13.6 Å². The highest BCUT2D eigenvalue weighted by Gasteiger charge is 2.08. The molecule has 1 N–H and O–H groups in total. The first-order valence-electron chi connectivity index (χ1n) is 4.48. The molecule has 1 aromatic carbocycles. The van der Waals surface area contributed by atoms with Gasteiger partial charge < -0.3 is 5.32 Å². The van der Waals surface area contributed by atoms with Gasteiger partial charge in [0, 0.05) is 19.0 Å². The Labute approximate surface area is 91.2 Å². The van der Waals surface area contributed by atoms with Crippen molar-refractivity contribution in [3.8, 4) is 0 Å². The van der Waals surface area contributed by atoms with Crippen LogP contribution in [0.25, 0.3) is 10.9 Å². The van der Waals surface area contributed by atoms with E-state index in [1.165, 1.54) is 10.9 Å². The van der Waals surface area contributed by atoms with Crippen molar-refractivity contribution in [1.29, 1.82) is 0 Å². The Morgan fingerprint density at radius 1 is 1.50 bits per heavy atom. The molecular formula is C10H12BrN3. The van der Waals surface area contributed by atoms with E-state index in [1.807, 2.05) is 18.8 Å². The molecule has 2 aromatic rings. The van der Waals surface area contributed by atoms with E-state index in [-0.39, 0.29) is 0 Å². The summed E-state index contributed by atoms with van der Waals surface area (Å²) < 4.78 is 2.88. The molecule has 3 nitrogen and oxygen atoms in total. The number of halogens is 1. The number of nitrogens with one attached hydrogen (secondary N) is 1. The van der Waals surface area contributed by atoms with Crippen molar-refractivity contribution in [2.75, 3.05) is 7.05 Å². The first-order valence-corrected chi connectivity index (χ1v) is 5.28. The second-order valence-electron chi connectivity index (χ2n) is 3.26. The van der Waals surface area contributed by atoms with Crippen molar-refractivity contribution in [3.63, 3.8) is 0 Å². The Hall–Kier alpha value is -0.870. The average Bonchev–Trinajstić information content (AvgIpc) is 2.46. The van der Waals surface area contributed by atoms with Crippen molar-refractivity contribution >= 4 is 26.8 Å². The molecule has 1 aromatic heterocycles. The third-order valence-corrected chi connectivity index (χ3v) is 3.18. The van der Waals surface area contributed by atoms with Crippen molar-refractivity contribution in [3.05, 3.63) is 28.4 Å². The van der Waals surface area contributed by atoms with Crippen LogP contribution in [0.3, 0.4) is 0 Å². The summed E-state index contributed by atoms with van der Waals surface area (Å²) in [5, 5.41) is 8.77. The zero-order valence-electron chi connectivity index (χ0n) is 8.21. The minimum atomic E-state index is 0.848. The van der Waals surface area contributed by atoms with Gasteiger partial charge in [-0.25, -0.2) is 0 Å². The summed E-state index contributed by atoms with van der Waals surface area (Å²) in [5.74, 6) is 0. The molecule has 14 heavy (non-hydrogen) atoms. The van der Waals surface area contributed by atoms with Gasteiger partial charge in [-0.15, -0.1) is 0 Å². The van der Waals surface area contributed by atoms with Gasteiger partial charge in [0.25, 0.3) is 0 Å². The number of nitrogens with zero attached hydrogens (tertiary/aromatic N) is 2. The van der Waals surface area contributed by atoms with Gasteiger partial charge in [-0.1, -0.05) is 18.2 Å². The molecule has 0 atom stereocenters. The summed E-state index contributed by atoms with van der Waals surface area (Å²) >= 11 is 3.52. The Kier molecular flexibility index (Phi) is 2.56. The standard InChI is InChI=1S/C10H12BrN3/c1-12-6-7-4-3-5-8-9(7)13-14(2)10(8)11/h3-5,12H,6H2,1-2H3. The monoisotopic (exact) mass is 253 g/mol. The molecular weight excluding hydrogens is 242 g/mol. The fourth-order valence-corrected chi connectivity index (χ4v) is 1.98. The normalized spacial score (nSPS) is 11.1. The van der Waals surface area contributed by atoms with Gasteiger partial charge in [0.15, 0.2) is 0 Å². The van der Waals surface area contributed by atoms with E-state index >= 15 is 0 Å². The van der Waals surface area contributed by atoms with E-state index in [0.29, 0.717) is 0 Å². The highest BCUT2D eigenvalue weighted by Crippen LogP contribution is 2.25. The van der Waals surface area contributed by atoms with Gasteiger partial charge in [0.2, 0.25) is 0 Å². The Morgan fingerprint density at radius 3 is 3.00 bits per heavy atom. The van der Waals surface area contributed by atoms with E-state index in [9.17, 15) is 0 Å². The second-order valence-corrected chi connectivity index (χ2v) is 4.01. The third-order valence-electron chi connectivity index (χ3n) is 2.24. The molecule has 1 heterocycles. The number of aromatic nitrogens is 2. The summed E-state index contributed by atoms with van der Waals surface area (Å²) in [4.78, 5) is 0. The SMILES string of the molecule is CNCc1cccc2c(Br)n(C)nc12. The van der Waals surface area contributed by atoms with Crippen molar-refractivity contribution in [2.24, 2.45) is 7.05 Å². The van der Waals surface area contributed by atoms with Crippen LogP contribution in [0.15, 0.2) is 22.8 Å². The number of aryl methyl sites for hydroxylation is 1. The molecule has 0 aliphatic rings. The molecule has 0 amide bonds. The summed E-state index contributed by atoms with van der Waals surface area (Å²) in [6.07, 6.45) is 0. The molecule has 74 valence electrons. The van der Waals surface area contributed by atoms with Crippen LogP contribution in [0.5, 0.6) is 0 Å². The van der Waals surface area contributed by atoms with Gasteiger partial charge in [-0.2, -0.15) is 5.10 Å². The zero-order valence-corrected chi connectivity index (χ0v) is 9.80. The lowest BCUT2D eigenvalue weighted by Gasteiger charge is -1.99. The Balaban J connectivity index is 2.68. The van der Waals surface area contributed by atoms with Crippen LogP contribution in [0.2, 0.25) is 0 Å². The summed E-state index contributed by atoms with van der Waals surface area (Å²) in [6.45, 7) is 0.848. The van der Waals surface area contributed by atoms with Crippen molar-refractivity contribution < 1.29 is 0 Å². The smallest absolute Gasteiger partial charge is 0.111 e. The van der Waals surface area contributed by atoms with Crippen LogP contribution in [0, 0.1) is 0 Å². The third kappa shape index (κ3) is 1.44. The van der Waals surface area contributed by atoms with E-state index in [1.54, 1.807) is 0 Å². The molecule has 0 spiro atoms. The Bertz CT molecular complexity index is 462. The predicted molar refractivity (Wildman–Crippen MR) is 61.2 cm³/mol. The Morgan fingerprint density at radius 2 is 2.29 bits per heavy atom. The van der Waals surface area contributed by atoms with Gasteiger partial charge in [0.1, 0.15) is 4.60 Å². The van der Waals surface area contributed by atoms with E-state index in [2.05, 4.69) is 44.5 Å². The molecule has 0 fully saturated rings. The molecule has 2 rings (SSSR count). The lowest BCUT2D eigenvalue weighted by atomic mass is 10.1. The lowest BCUT2D eigenvalue weighted by Crippen LogP contribution is -2.05. The van der Waals surface area contributed by atoms with E-state index < -0.39 is 0 Å². The minimum absolute atomic E-state index is 0.848. The number of benzene rings is 1. The summed E-state index contributed by atoms with van der Waals surface area (Å²) in [7, 11) is 3.88. The minimum Gasteiger partial charge on any atom is -0.316 e. The molecule has 0 unspecified atom stereocenters. The summed E-state index contributed by atoms with van der Waals surface area (Å²) in [5.41, 5.74) is 2.29. The van der Waals surface area contributed by atoms with Crippen LogP contribution < -0.4 is 5.32 Å². The molecule has 0 saturated carbocycles. The van der Waals surface area contributed by atoms with Crippen LogP contribution in [-0.4, -0.2) is 16.8 Å². The van der Waals surface area contributed by atoms with Gasteiger partial charge >= 0.3 is 0 Å². The fraction of sp³-hybridized carbons (Fsp3) is 0.300. The molecule has 0 bridgehead atoms. The molecule has 4 heteroatoms. The molecule has 0 radical (unpaired) electrons. The molecule has 0 saturated heterocycles. The van der Waals surface area contributed by atoms with E-state index in [4.69, 9.17) is 0 Å². The number of fused-ring (bicyclic) bond motifs is 1. The first kappa shape index (κ1) is 9.68. The van der Waals surface area contributed by atoms with E-state index in [0.717, 1.165) is 16.7 Å². The highest BCUT2D eigenvalue weighted by atomic mass is 79.9. The second kappa shape index (κ2) is 3.71. The molecule has 0 aliphatic heterocycles. The maximum atomic E-state index is 4.46. The quantitative estimate of drug-likeness (QED) is 0.888. The topological polar surface area (TPSA) is 29.9 Å². The zero-order chi connectivity index (χ0) is 10.1. The van der Waals surface area contributed by atoms with Crippen LogP contribution in [0.1, 0.15) is 5.56 Å². The average molecular weight is 254 g/mol. The largest absolute Gasteiger partial charge is 0.316 e. The maximum Gasteiger partial charge on any atom is 0.111 e. The fourth-order valence-electron chi connectivity index (χ4n) is 1.58. The van der Waals surface area contributed by atoms with Gasteiger partial charge in [-0.05, 0) is 28.5 Å². The lowest BCUT2D eigenvalue weighted by molar-refractivity contribution is 0.755. The predicted octanol–water partition coefficient (Wildman–Crippen LogP) is 2.06. The van der Waals surface area contributed by atoms with Crippen LogP contribution in [0.4, 0.5) is 0 Å². The number of hydrogen-bond donors (Lipinski definition) is 1. The number of hydrogen-bond acceptors (Lipinski definition) is 2. The van der Waals surface area contributed by atoms with Crippen molar-refractivity contribution in [2.45, 2.75) is 6.54 Å². The molecule has 0 aliphatic carbocycles. The van der Waals surface area contributed by atoms with Crippen LogP contribution >= 0.6 is 15.9 Å². The summed E-state index contributed by atoms with van der Waals surface area (Å²) in [6, 6.07) is 6.23. The van der Waals surface area contributed by atoms with Gasteiger partial charge in [0.05, 0.1) is 5.52 Å². The first-order chi connectivity index (χ1) is 6.74. The van der Waals surface area contributed by atoms with Crippen molar-refractivity contribution in [1.82, 2.24) is 15.1 Å².